The maximum absolute atomic E-state index is 12.4. The van der Waals surface area contributed by atoms with Gasteiger partial charge in [-0.3, -0.25) is 14.4 Å². The maximum Gasteiger partial charge on any atom is 0.324 e. The van der Waals surface area contributed by atoms with E-state index in [2.05, 4.69) is 0 Å². The average Bonchev–Trinajstić information content (AvgIpc) is 2.82. The zero-order valence-corrected chi connectivity index (χ0v) is 13.3. The Balaban J connectivity index is 2.35. The molecular weight excluding hydrogens is 302 g/mol. The van der Waals surface area contributed by atoms with Crippen LogP contribution in [-0.4, -0.2) is 51.6 Å². The highest BCUT2D eigenvalue weighted by Crippen LogP contribution is 2.34. The summed E-state index contributed by atoms with van der Waals surface area (Å²) in [6.45, 7) is 1.45. The number of carbonyl (C=O) groups is 3. The molecule has 1 aromatic rings. The molecule has 0 bridgehead atoms. The normalized spacial score (nSPS) is 20.7. The van der Waals surface area contributed by atoms with Crippen molar-refractivity contribution < 1.29 is 28.6 Å². The highest BCUT2D eigenvalue weighted by Gasteiger charge is 2.58. The molecule has 0 N–H and O–H groups in total. The van der Waals surface area contributed by atoms with Crippen molar-refractivity contribution in [1.82, 2.24) is 0 Å². The molecule has 0 radical (unpaired) electrons. The molecule has 1 aliphatic heterocycles. The van der Waals surface area contributed by atoms with Crippen molar-refractivity contribution in [3.63, 3.8) is 0 Å². The predicted octanol–water partition coefficient (Wildman–Crippen LogP) is 0.807. The van der Waals surface area contributed by atoms with Crippen LogP contribution in [0.5, 0.6) is 5.75 Å². The smallest absolute Gasteiger partial charge is 0.324 e. The predicted molar refractivity (Wildman–Crippen MR) is 81.3 cm³/mol. The van der Waals surface area contributed by atoms with Crippen LogP contribution in [0.15, 0.2) is 24.3 Å². The summed E-state index contributed by atoms with van der Waals surface area (Å²) < 4.78 is 15.1. The number of methoxy groups -OCH3 is 2. The minimum atomic E-state index is -1.62. The number of nitrogens with zero attached hydrogens (tertiary/aromatic N) is 1. The Bertz CT molecular complexity index is 612. The third-order valence-electron chi connectivity index (χ3n) is 3.74. The van der Waals surface area contributed by atoms with Gasteiger partial charge in [0.1, 0.15) is 5.75 Å². The van der Waals surface area contributed by atoms with Gasteiger partial charge in [-0.05, 0) is 31.2 Å². The lowest BCUT2D eigenvalue weighted by Crippen LogP contribution is -2.45. The van der Waals surface area contributed by atoms with E-state index in [1.807, 2.05) is 0 Å². The second-order valence-corrected chi connectivity index (χ2v) is 5.15. The molecule has 7 nitrogen and oxygen atoms in total. The molecule has 1 fully saturated rings. The number of benzene rings is 1. The van der Waals surface area contributed by atoms with E-state index in [1.54, 1.807) is 31.2 Å². The minimum absolute atomic E-state index is 0.107. The lowest BCUT2D eigenvalue weighted by Gasteiger charge is -2.24. The Morgan fingerprint density at radius 2 is 1.87 bits per heavy atom. The van der Waals surface area contributed by atoms with Crippen LogP contribution in [0.25, 0.3) is 0 Å². The van der Waals surface area contributed by atoms with Gasteiger partial charge in [-0.2, -0.15) is 0 Å². The quantitative estimate of drug-likeness (QED) is 0.438. The number of ketones is 1. The number of esters is 1. The standard InChI is InChI=1S/C16H19NO6/c1-4-23-15(20)16(10-21-2)9-17(14(19)13(16)18)11-5-7-12(22-3)8-6-11/h5-8H,4,9-10H2,1-3H3. The van der Waals surface area contributed by atoms with Crippen LogP contribution in [0.3, 0.4) is 0 Å². The summed E-state index contributed by atoms with van der Waals surface area (Å²) in [6.07, 6.45) is 0. The van der Waals surface area contributed by atoms with E-state index >= 15 is 0 Å². The first-order chi connectivity index (χ1) is 11.0. The van der Waals surface area contributed by atoms with Crippen molar-refractivity contribution in [1.29, 1.82) is 0 Å². The molecule has 23 heavy (non-hydrogen) atoms. The third kappa shape index (κ3) is 2.92. The fraction of sp³-hybridized carbons (Fsp3) is 0.438. The van der Waals surface area contributed by atoms with E-state index < -0.39 is 23.1 Å². The number of hydrogen-bond donors (Lipinski definition) is 0. The van der Waals surface area contributed by atoms with Gasteiger partial charge in [0.25, 0.3) is 5.91 Å². The molecule has 1 atom stereocenters. The molecule has 0 aliphatic carbocycles. The van der Waals surface area contributed by atoms with Crippen LogP contribution in [0.1, 0.15) is 6.92 Å². The number of ether oxygens (including phenoxy) is 3. The first kappa shape index (κ1) is 17.0. The van der Waals surface area contributed by atoms with Crippen molar-refractivity contribution >= 4 is 23.3 Å². The number of carbonyl (C=O) groups excluding carboxylic acids is 3. The highest BCUT2D eigenvalue weighted by atomic mass is 16.5. The van der Waals surface area contributed by atoms with Gasteiger partial charge < -0.3 is 19.1 Å². The second-order valence-electron chi connectivity index (χ2n) is 5.15. The zero-order chi connectivity index (χ0) is 17.0. The Labute approximate surface area is 134 Å². The minimum Gasteiger partial charge on any atom is -0.497 e. The number of anilines is 1. The van der Waals surface area contributed by atoms with Crippen LogP contribution in [-0.2, 0) is 23.9 Å². The fourth-order valence-corrected chi connectivity index (χ4v) is 2.55. The Kier molecular flexibility index (Phi) is 5.00. The molecule has 1 heterocycles. The summed E-state index contributed by atoms with van der Waals surface area (Å²) in [5.74, 6) is -1.68. The van der Waals surface area contributed by atoms with Crippen molar-refractivity contribution in [3.8, 4) is 5.75 Å². The van der Waals surface area contributed by atoms with E-state index in [0.717, 1.165) is 0 Å². The monoisotopic (exact) mass is 321 g/mol. The lowest BCUT2D eigenvalue weighted by atomic mass is 9.87. The van der Waals surface area contributed by atoms with Crippen LogP contribution < -0.4 is 9.64 Å². The van der Waals surface area contributed by atoms with Crippen LogP contribution in [0.4, 0.5) is 5.69 Å². The largest absolute Gasteiger partial charge is 0.497 e. The summed E-state index contributed by atoms with van der Waals surface area (Å²) in [4.78, 5) is 38.3. The first-order valence-electron chi connectivity index (χ1n) is 7.16. The van der Waals surface area contributed by atoms with E-state index in [1.165, 1.54) is 19.1 Å². The van der Waals surface area contributed by atoms with Crippen molar-refractivity contribution in [2.24, 2.45) is 5.41 Å². The van der Waals surface area contributed by atoms with Gasteiger partial charge in [0, 0.05) is 12.8 Å². The topological polar surface area (TPSA) is 82.1 Å². The molecule has 0 aromatic heterocycles. The van der Waals surface area contributed by atoms with Crippen molar-refractivity contribution in [2.45, 2.75) is 6.92 Å². The highest BCUT2D eigenvalue weighted by molar-refractivity contribution is 6.49. The summed E-state index contributed by atoms with van der Waals surface area (Å²) in [5, 5.41) is 0. The molecule has 0 spiro atoms. The lowest BCUT2D eigenvalue weighted by molar-refractivity contribution is -0.162. The summed E-state index contributed by atoms with van der Waals surface area (Å²) in [5.41, 5.74) is -1.12. The summed E-state index contributed by atoms with van der Waals surface area (Å²) in [6, 6.07) is 6.65. The molecule has 7 heteroatoms. The SMILES string of the molecule is CCOC(=O)C1(COC)CN(c2ccc(OC)cc2)C(=O)C1=O. The van der Waals surface area contributed by atoms with Gasteiger partial charge in [-0.1, -0.05) is 0 Å². The molecule has 1 unspecified atom stereocenters. The zero-order valence-electron chi connectivity index (χ0n) is 13.3. The molecule has 124 valence electrons. The van der Waals surface area contributed by atoms with Crippen LogP contribution in [0.2, 0.25) is 0 Å². The average molecular weight is 321 g/mol. The molecule has 1 aliphatic rings. The molecule has 1 saturated heterocycles. The van der Waals surface area contributed by atoms with Crippen LogP contribution >= 0.6 is 0 Å². The molecular formula is C16H19NO6. The number of hydrogen-bond acceptors (Lipinski definition) is 6. The van der Waals surface area contributed by atoms with Gasteiger partial charge in [0.05, 0.1) is 26.9 Å². The summed E-state index contributed by atoms with van der Waals surface area (Å²) >= 11 is 0. The van der Waals surface area contributed by atoms with E-state index in [4.69, 9.17) is 14.2 Å². The van der Waals surface area contributed by atoms with Gasteiger partial charge >= 0.3 is 5.97 Å². The van der Waals surface area contributed by atoms with Gasteiger partial charge in [-0.15, -0.1) is 0 Å². The number of rotatable bonds is 6. The fourth-order valence-electron chi connectivity index (χ4n) is 2.55. The number of Topliss-reactive ketones (excluding diaryl/α,β-unsaturated/α-hetero) is 1. The van der Waals surface area contributed by atoms with Gasteiger partial charge in [0.15, 0.2) is 5.41 Å². The van der Waals surface area contributed by atoms with Gasteiger partial charge in [-0.25, -0.2) is 0 Å². The molecule has 0 saturated carbocycles. The number of amides is 1. The van der Waals surface area contributed by atoms with E-state index in [9.17, 15) is 14.4 Å². The molecule has 2 rings (SSSR count). The Hall–Kier alpha value is -2.41. The molecule has 1 amide bonds. The molecule has 1 aromatic carbocycles. The summed E-state index contributed by atoms with van der Waals surface area (Å²) in [7, 11) is 2.90. The van der Waals surface area contributed by atoms with Crippen LogP contribution in [0, 0.1) is 5.41 Å². The Morgan fingerprint density at radius 1 is 1.22 bits per heavy atom. The van der Waals surface area contributed by atoms with E-state index in [0.29, 0.717) is 11.4 Å². The van der Waals surface area contributed by atoms with Gasteiger partial charge in [0.2, 0.25) is 5.78 Å². The maximum atomic E-state index is 12.4. The second kappa shape index (κ2) is 6.78. The first-order valence-corrected chi connectivity index (χ1v) is 7.16. The van der Waals surface area contributed by atoms with Crippen molar-refractivity contribution in [2.75, 3.05) is 38.9 Å². The van der Waals surface area contributed by atoms with Crippen molar-refractivity contribution in [3.05, 3.63) is 24.3 Å². The third-order valence-corrected chi connectivity index (χ3v) is 3.74. The van der Waals surface area contributed by atoms with E-state index in [-0.39, 0.29) is 19.8 Å². The Morgan fingerprint density at radius 3 is 2.39 bits per heavy atom.